The number of pyridine rings is 1. The zero-order valence-corrected chi connectivity index (χ0v) is 17.9. The van der Waals surface area contributed by atoms with E-state index in [1.807, 2.05) is 13.0 Å². The number of aromatic nitrogens is 2. The summed E-state index contributed by atoms with van der Waals surface area (Å²) in [6.07, 6.45) is 4.08. The Hall–Kier alpha value is -2.84. The van der Waals surface area contributed by atoms with E-state index < -0.39 is 17.1 Å². The maximum atomic E-state index is 13.0. The molecule has 30 heavy (non-hydrogen) atoms. The van der Waals surface area contributed by atoms with Crippen LogP contribution in [0.4, 0.5) is 0 Å². The van der Waals surface area contributed by atoms with Gasteiger partial charge in [-0.1, -0.05) is 24.6 Å². The molecular formula is C21H20ClN3O4S. The topological polar surface area (TPSA) is 84.7 Å². The SMILES string of the molecule is CCCOc1ccc(CN2CCn3cc(-c4nccs4)c(=O)c(O)c3C2=O)cc1Cl. The summed E-state index contributed by atoms with van der Waals surface area (Å²) in [5.41, 5.74) is 0.543. The zero-order chi connectivity index (χ0) is 21.3. The minimum absolute atomic E-state index is 0.000511. The maximum absolute atomic E-state index is 13.0. The third kappa shape index (κ3) is 3.80. The van der Waals surface area contributed by atoms with Crippen LogP contribution < -0.4 is 10.2 Å². The molecule has 3 aromatic rings. The molecule has 0 radical (unpaired) electrons. The number of amides is 1. The van der Waals surface area contributed by atoms with Gasteiger partial charge in [0.05, 0.1) is 17.2 Å². The van der Waals surface area contributed by atoms with E-state index in [2.05, 4.69) is 4.98 Å². The third-order valence-corrected chi connectivity index (χ3v) is 5.95. The Labute approximate surface area is 182 Å². The monoisotopic (exact) mass is 445 g/mol. The van der Waals surface area contributed by atoms with E-state index in [1.54, 1.807) is 39.4 Å². The number of benzene rings is 1. The molecular weight excluding hydrogens is 426 g/mol. The summed E-state index contributed by atoms with van der Waals surface area (Å²) >= 11 is 7.60. The average Bonchev–Trinajstić information content (AvgIpc) is 3.26. The van der Waals surface area contributed by atoms with Crippen molar-refractivity contribution in [3.05, 3.63) is 62.5 Å². The summed E-state index contributed by atoms with van der Waals surface area (Å²) in [7, 11) is 0. The Morgan fingerprint density at radius 2 is 2.13 bits per heavy atom. The predicted octanol–water partition coefficient (Wildman–Crippen LogP) is 3.78. The van der Waals surface area contributed by atoms with Gasteiger partial charge in [0.25, 0.3) is 5.91 Å². The summed E-state index contributed by atoms with van der Waals surface area (Å²) < 4.78 is 7.21. The number of rotatable bonds is 6. The molecule has 1 aromatic carbocycles. The highest BCUT2D eigenvalue weighted by molar-refractivity contribution is 7.13. The lowest BCUT2D eigenvalue weighted by atomic mass is 10.1. The van der Waals surface area contributed by atoms with Gasteiger partial charge >= 0.3 is 0 Å². The van der Waals surface area contributed by atoms with Gasteiger partial charge in [-0.2, -0.15) is 0 Å². The molecule has 7 nitrogen and oxygen atoms in total. The van der Waals surface area contributed by atoms with Crippen molar-refractivity contribution < 1.29 is 14.6 Å². The van der Waals surface area contributed by atoms with Crippen LogP contribution in [0.5, 0.6) is 11.5 Å². The second-order valence-corrected chi connectivity index (χ2v) is 8.24. The van der Waals surface area contributed by atoms with Gasteiger partial charge in [0, 0.05) is 37.4 Å². The first-order valence-corrected chi connectivity index (χ1v) is 10.8. The minimum Gasteiger partial charge on any atom is -0.503 e. The average molecular weight is 446 g/mol. The molecule has 4 rings (SSSR count). The van der Waals surface area contributed by atoms with E-state index in [4.69, 9.17) is 16.3 Å². The van der Waals surface area contributed by atoms with Crippen molar-refractivity contribution in [2.24, 2.45) is 0 Å². The zero-order valence-electron chi connectivity index (χ0n) is 16.3. The van der Waals surface area contributed by atoms with Gasteiger partial charge < -0.3 is 19.3 Å². The number of carbonyl (C=O) groups excluding carboxylic acids is 1. The summed E-state index contributed by atoms with van der Waals surface area (Å²) in [4.78, 5) is 31.4. The number of thiazole rings is 1. The van der Waals surface area contributed by atoms with Crippen molar-refractivity contribution in [1.82, 2.24) is 14.5 Å². The molecule has 1 aliphatic rings. The van der Waals surface area contributed by atoms with Crippen LogP contribution in [0.25, 0.3) is 10.6 Å². The van der Waals surface area contributed by atoms with Gasteiger partial charge in [-0.15, -0.1) is 11.3 Å². The lowest BCUT2D eigenvalue weighted by Gasteiger charge is -2.30. The number of carbonyl (C=O) groups is 1. The summed E-state index contributed by atoms with van der Waals surface area (Å²) in [5.74, 6) is -0.334. The van der Waals surface area contributed by atoms with Crippen LogP contribution in [0, 0.1) is 0 Å². The number of halogens is 1. The molecule has 0 aliphatic carbocycles. The molecule has 9 heteroatoms. The third-order valence-electron chi connectivity index (χ3n) is 4.85. The number of hydrogen-bond acceptors (Lipinski definition) is 6. The molecule has 0 spiro atoms. The molecule has 0 bridgehead atoms. The fourth-order valence-corrected chi connectivity index (χ4v) is 4.28. The highest BCUT2D eigenvalue weighted by Gasteiger charge is 2.30. The van der Waals surface area contributed by atoms with Crippen molar-refractivity contribution in [1.29, 1.82) is 0 Å². The molecule has 0 saturated heterocycles. The van der Waals surface area contributed by atoms with Crippen LogP contribution in [0.3, 0.4) is 0 Å². The highest BCUT2D eigenvalue weighted by atomic mass is 35.5. The second kappa shape index (κ2) is 8.49. The van der Waals surface area contributed by atoms with Crippen LogP contribution in [0.1, 0.15) is 29.4 Å². The molecule has 3 heterocycles. The second-order valence-electron chi connectivity index (χ2n) is 6.94. The number of ether oxygens (including phenoxy) is 1. The van der Waals surface area contributed by atoms with Gasteiger partial charge in [0.2, 0.25) is 5.43 Å². The van der Waals surface area contributed by atoms with E-state index >= 15 is 0 Å². The van der Waals surface area contributed by atoms with Crippen LogP contribution in [-0.4, -0.2) is 38.6 Å². The van der Waals surface area contributed by atoms with Crippen LogP contribution >= 0.6 is 22.9 Å². The molecule has 0 saturated carbocycles. The molecule has 156 valence electrons. The van der Waals surface area contributed by atoms with Crippen molar-refractivity contribution in [2.45, 2.75) is 26.4 Å². The Kier molecular flexibility index (Phi) is 5.78. The van der Waals surface area contributed by atoms with Gasteiger partial charge in [0.1, 0.15) is 10.8 Å². The fourth-order valence-electron chi connectivity index (χ4n) is 3.38. The first-order chi connectivity index (χ1) is 14.5. The Balaban J connectivity index is 1.59. The molecule has 2 aromatic heterocycles. The number of aromatic hydroxyl groups is 1. The first-order valence-electron chi connectivity index (χ1n) is 9.56. The maximum Gasteiger partial charge on any atom is 0.274 e. The molecule has 0 fully saturated rings. The van der Waals surface area contributed by atoms with Gasteiger partial charge in [-0.25, -0.2) is 4.98 Å². The van der Waals surface area contributed by atoms with E-state index in [1.165, 1.54) is 11.3 Å². The van der Waals surface area contributed by atoms with Crippen LogP contribution in [-0.2, 0) is 13.1 Å². The van der Waals surface area contributed by atoms with Crippen molar-refractivity contribution in [3.63, 3.8) is 0 Å². The largest absolute Gasteiger partial charge is 0.503 e. The van der Waals surface area contributed by atoms with Crippen LogP contribution in [0.15, 0.2) is 40.8 Å². The molecule has 0 atom stereocenters. The van der Waals surface area contributed by atoms with Crippen molar-refractivity contribution in [3.8, 4) is 22.1 Å². The summed E-state index contributed by atoms with van der Waals surface area (Å²) in [6, 6.07) is 5.42. The van der Waals surface area contributed by atoms with Crippen LogP contribution in [0.2, 0.25) is 5.02 Å². The van der Waals surface area contributed by atoms with Gasteiger partial charge in [0.15, 0.2) is 11.4 Å². The number of nitrogens with zero attached hydrogens (tertiary/aromatic N) is 3. The Morgan fingerprint density at radius 3 is 2.83 bits per heavy atom. The highest BCUT2D eigenvalue weighted by Crippen LogP contribution is 2.29. The standard InChI is InChI=1S/C21H20ClN3O4S/c1-2-8-29-16-4-3-13(10-15(16)22)11-25-7-6-24-12-14(20-23-5-9-30-20)18(26)19(27)17(24)21(25)28/h3-5,9-10,12,27H,2,6-8,11H2,1H3. The minimum atomic E-state index is -0.591. The summed E-state index contributed by atoms with van der Waals surface area (Å²) in [6.45, 7) is 3.81. The van der Waals surface area contributed by atoms with Crippen molar-refractivity contribution >= 4 is 28.8 Å². The Morgan fingerprint density at radius 1 is 1.30 bits per heavy atom. The molecule has 1 N–H and O–H groups in total. The molecule has 1 aliphatic heterocycles. The summed E-state index contributed by atoms with van der Waals surface area (Å²) in [5, 5.41) is 13.3. The lowest BCUT2D eigenvalue weighted by Crippen LogP contribution is -2.41. The van der Waals surface area contributed by atoms with E-state index in [0.717, 1.165) is 12.0 Å². The smallest absolute Gasteiger partial charge is 0.274 e. The molecule has 0 unspecified atom stereocenters. The fraction of sp³-hybridized carbons (Fsp3) is 0.286. The predicted molar refractivity (Wildman–Crippen MR) is 115 cm³/mol. The number of fused-ring (bicyclic) bond motifs is 1. The van der Waals surface area contributed by atoms with E-state index in [9.17, 15) is 14.7 Å². The van der Waals surface area contributed by atoms with E-state index in [0.29, 0.717) is 47.6 Å². The quantitative estimate of drug-likeness (QED) is 0.624. The van der Waals surface area contributed by atoms with Crippen molar-refractivity contribution in [2.75, 3.05) is 13.2 Å². The van der Waals surface area contributed by atoms with Gasteiger partial charge in [-0.3, -0.25) is 9.59 Å². The normalized spacial score (nSPS) is 13.4. The van der Waals surface area contributed by atoms with Gasteiger partial charge in [-0.05, 0) is 24.1 Å². The molecule has 1 amide bonds. The Bertz CT molecular complexity index is 1140. The van der Waals surface area contributed by atoms with E-state index in [-0.39, 0.29) is 5.69 Å². The number of hydrogen-bond donors (Lipinski definition) is 1. The lowest BCUT2D eigenvalue weighted by molar-refractivity contribution is 0.0683. The first kappa shape index (κ1) is 20.4.